The molecular formula is C12H11ClN2S. The molecule has 1 aromatic carbocycles. The van der Waals surface area contributed by atoms with Crippen molar-refractivity contribution in [3.63, 3.8) is 0 Å². The maximum absolute atomic E-state index is 6.04. The van der Waals surface area contributed by atoms with Crippen LogP contribution in [0, 0.1) is 13.8 Å². The smallest absolute Gasteiger partial charge is 0.106 e. The number of thiocarbonyl (C=S) groups is 1. The van der Waals surface area contributed by atoms with Gasteiger partial charge in [-0.15, -0.1) is 0 Å². The zero-order chi connectivity index (χ0) is 11.9. The molecule has 16 heavy (non-hydrogen) atoms. The molecule has 0 amide bonds. The number of halogens is 1. The predicted molar refractivity (Wildman–Crippen MR) is 72.1 cm³/mol. The predicted octanol–water partition coefficient (Wildman–Crippen LogP) is 3.14. The quantitative estimate of drug-likeness (QED) is 0.791. The molecule has 0 fully saturated rings. The average Bonchev–Trinajstić information content (AvgIpc) is 2.18. The van der Waals surface area contributed by atoms with Gasteiger partial charge in [0.2, 0.25) is 0 Å². The van der Waals surface area contributed by atoms with Gasteiger partial charge in [0, 0.05) is 21.7 Å². The molecule has 0 aliphatic carbocycles. The van der Waals surface area contributed by atoms with Gasteiger partial charge in [-0.2, -0.15) is 0 Å². The fourth-order valence-corrected chi connectivity index (χ4v) is 2.18. The minimum atomic E-state index is 0.324. The van der Waals surface area contributed by atoms with Crippen LogP contribution >= 0.6 is 23.8 Å². The van der Waals surface area contributed by atoms with E-state index < -0.39 is 0 Å². The van der Waals surface area contributed by atoms with Gasteiger partial charge in [0.1, 0.15) is 4.99 Å². The van der Waals surface area contributed by atoms with Crippen LogP contribution in [0.2, 0.25) is 5.02 Å². The minimum absolute atomic E-state index is 0.324. The summed E-state index contributed by atoms with van der Waals surface area (Å²) in [5.74, 6) is 0. The molecule has 2 aromatic rings. The first-order chi connectivity index (χ1) is 7.49. The highest BCUT2D eigenvalue weighted by Gasteiger charge is 2.09. The molecule has 0 aliphatic heterocycles. The molecule has 0 radical (unpaired) electrons. The standard InChI is InChI=1S/C12H11ClN2S/c1-6-3-7(2)15-11-9(6)4-8(13)5-10(11)12(14)16/h3-5H,1-2H3,(H2,14,16). The van der Waals surface area contributed by atoms with Gasteiger partial charge in [-0.25, -0.2) is 0 Å². The van der Waals surface area contributed by atoms with Crippen LogP contribution in [0.5, 0.6) is 0 Å². The Morgan fingerprint density at radius 3 is 2.62 bits per heavy atom. The molecule has 0 saturated carbocycles. The van der Waals surface area contributed by atoms with Crippen LogP contribution in [0.15, 0.2) is 18.2 Å². The van der Waals surface area contributed by atoms with Crippen molar-refractivity contribution in [2.75, 3.05) is 0 Å². The third-order valence-corrected chi connectivity index (χ3v) is 2.92. The molecule has 0 atom stereocenters. The largest absolute Gasteiger partial charge is 0.389 e. The molecule has 0 saturated heterocycles. The van der Waals surface area contributed by atoms with Crippen LogP contribution in [0.25, 0.3) is 10.9 Å². The summed E-state index contributed by atoms with van der Waals surface area (Å²) < 4.78 is 0. The van der Waals surface area contributed by atoms with E-state index in [2.05, 4.69) is 4.98 Å². The van der Waals surface area contributed by atoms with Crippen molar-refractivity contribution in [3.05, 3.63) is 40.0 Å². The Morgan fingerprint density at radius 1 is 1.31 bits per heavy atom. The first kappa shape index (κ1) is 11.3. The third kappa shape index (κ3) is 1.88. The summed E-state index contributed by atoms with van der Waals surface area (Å²) in [6.07, 6.45) is 0. The van der Waals surface area contributed by atoms with E-state index >= 15 is 0 Å². The van der Waals surface area contributed by atoms with E-state index in [0.717, 1.165) is 27.7 Å². The third-order valence-electron chi connectivity index (χ3n) is 2.48. The Balaban J connectivity index is 2.95. The Bertz CT molecular complexity index is 593. The van der Waals surface area contributed by atoms with Crippen LogP contribution in [-0.2, 0) is 0 Å². The summed E-state index contributed by atoms with van der Waals surface area (Å²) in [6, 6.07) is 5.67. The molecule has 2 nitrogen and oxygen atoms in total. The Hall–Kier alpha value is -1.19. The van der Waals surface area contributed by atoms with Crippen LogP contribution in [0.1, 0.15) is 16.8 Å². The molecule has 0 bridgehead atoms. The first-order valence-corrected chi connectivity index (χ1v) is 5.65. The number of nitrogens with two attached hydrogens (primary N) is 1. The number of hydrogen-bond donors (Lipinski definition) is 1. The van der Waals surface area contributed by atoms with Gasteiger partial charge in [0.25, 0.3) is 0 Å². The van der Waals surface area contributed by atoms with E-state index in [1.165, 1.54) is 0 Å². The van der Waals surface area contributed by atoms with Crippen molar-refractivity contribution < 1.29 is 0 Å². The van der Waals surface area contributed by atoms with E-state index in [1.807, 2.05) is 26.0 Å². The van der Waals surface area contributed by atoms with Crippen molar-refractivity contribution in [2.45, 2.75) is 13.8 Å². The second-order valence-corrected chi connectivity index (χ2v) is 4.67. The highest BCUT2D eigenvalue weighted by Crippen LogP contribution is 2.25. The molecule has 2 rings (SSSR count). The SMILES string of the molecule is Cc1cc(C)c2cc(Cl)cc(C(N)=S)c2n1. The van der Waals surface area contributed by atoms with E-state index in [4.69, 9.17) is 29.6 Å². The number of hydrogen-bond acceptors (Lipinski definition) is 2. The number of nitrogens with zero attached hydrogens (tertiary/aromatic N) is 1. The average molecular weight is 251 g/mol. The molecule has 2 N–H and O–H groups in total. The normalized spacial score (nSPS) is 10.7. The van der Waals surface area contributed by atoms with Gasteiger partial charge < -0.3 is 5.73 Å². The molecule has 1 heterocycles. The van der Waals surface area contributed by atoms with Gasteiger partial charge in [0.15, 0.2) is 0 Å². The summed E-state index contributed by atoms with van der Waals surface area (Å²) in [6.45, 7) is 3.97. The Labute approximate surface area is 104 Å². The van der Waals surface area contributed by atoms with E-state index in [0.29, 0.717) is 10.0 Å². The molecule has 1 aromatic heterocycles. The number of pyridine rings is 1. The van der Waals surface area contributed by atoms with Crippen molar-refractivity contribution in [2.24, 2.45) is 5.73 Å². The van der Waals surface area contributed by atoms with Crippen LogP contribution < -0.4 is 5.73 Å². The first-order valence-electron chi connectivity index (χ1n) is 4.86. The van der Waals surface area contributed by atoms with Crippen LogP contribution in [0.4, 0.5) is 0 Å². The zero-order valence-electron chi connectivity index (χ0n) is 9.04. The van der Waals surface area contributed by atoms with Gasteiger partial charge in [0.05, 0.1) is 5.52 Å². The highest BCUT2D eigenvalue weighted by molar-refractivity contribution is 7.80. The van der Waals surface area contributed by atoms with E-state index in [1.54, 1.807) is 6.07 Å². The summed E-state index contributed by atoms with van der Waals surface area (Å²) in [5.41, 5.74) is 9.33. The maximum atomic E-state index is 6.04. The van der Waals surface area contributed by atoms with E-state index in [9.17, 15) is 0 Å². The monoisotopic (exact) mass is 250 g/mol. The van der Waals surface area contributed by atoms with Gasteiger partial charge >= 0.3 is 0 Å². The van der Waals surface area contributed by atoms with Crippen LogP contribution in [-0.4, -0.2) is 9.97 Å². The molecular weight excluding hydrogens is 240 g/mol. The summed E-state index contributed by atoms with van der Waals surface area (Å²) >= 11 is 11.1. The Morgan fingerprint density at radius 2 is 2.00 bits per heavy atom. The molecule has 82 valence electrons. The van der Waals surface area contributed by atoms with Gasteiger partial charge in [-0.05, 0) is 37.6 Å². The molecule has 4 heteroatoms. The number of aryl methyl sites for hydroxylation is 2. The topological polar surface area (TPSA) is 38.9 Å². The van der Waals surface area contributed by atoms with Gasteiger partial charge in [-0.1, -0.05) is 23.8 Å². The highest BCUT2D eigenvalue weighted by atomic mass is 35.5. The molecule has 0 spiro atoms. The van der Waals surface area contributed by atoms with Crippen molar-refractivity contribution in [1.82, 2.24) is 4.98 Å². The van der Waals surface area contributed by atoms with Gasteiger partial charge in [-0.3, -0.25) is 4.98 Å². The lowest BCUT2D eigenvalue weighted by atomic mass is 10.0. The fourth-order valence-electron chi connectivity index (χ4n) is 1.81. The lowest BCUT2D eigenvalue weighted by molar-refractivity contribution is 1.23. The summed E-state index contributed by atoms with van der Waals surface area (Å²) in [4.78, 5) is 4.80. The zero-order valence-corrected chi connectivity index (χ0v) is 10.6. The second-order valence-electron chi connectivity index (χ2n) is 3.79. The lowest BCUT2D eigenvalue weighted by Crippen LogP contribution is -2.11. The minimum Gasteiger partial charge on any atom is -0.389 e. The molecule has 0 aliphatic rings. The number of aromatic nitrogens is 1. The van der Waals surface area contributed by atoms with Crippen molar-refractivity contribution >= 4 is 39.7 Å². The van der Waals surface area contributed by atoms with E-state index in [-0.39, 0.29) is 0 Å². The number of rotatable bonds is 1. The number of benzene rings is 1. The second kappa shape index (κ2) is 4.00. The van der Waals surface area contributed by atoms with Crippen molar-refractivity contribution in [1.29, 1.82) is 0 Å². The Kier molecular flexibility index (Phi) is 2.82. The number of fused-ring (bicyclic) bond motifs is 1. The fraction of sp³-hybridized carbons (Fsp3) is 0.167. The van der Waals surface area contributed by atoms with Crippen molar-refractivity contribution in [3.8, 4) is 0 Å². The lowest BCUT2D eigenvalue weighted by Gasteiger charge is -2.08. The summed E-state index contributed by atoms with van der Waals surface area (Å²) in [7, 11) is 0. The molecule has 0 unspecified atom stereocenters. The maximum Gasteiger partial charge on any atom is 0.106 e. The van der Waals surface area contributed by atoms with Crippen LogP contribution in [0.3, 0.4) is 0 Å². The summed E-state index contributed by atoms with van der Waals surface area (Å²) in [5, 5.41) is 1.63.